The second-order valence-electron chi connectivity index (χ2n) is 3.52. The standard InChI is InChI=1S/C11H16N2O4S.ClH/c1-12-6-7-13-18(15,16)10-5-3-4-9(8-10)11(14)17-2;/h3-5,8,12-13H,6-7H2,1-2H3;1H. The van der Waals surface area contributed by atoms with Crippen LogP contribution < -0.4 is 10.0 Å². The zero-order valence-corrected chi connectivity index (χ0v) is 12.3. The summed E-state index contributed by atoms with van der Waals surface area (Å²) in [5.74, 6) is -0.567. The van der Waals surface area contributed by atoms with Crippen molar-refractivity contribution in [3.8, 4) is 0 Å². The van der Waals surface area contributed by atoms with Gasteiger partial charge in [0.25, 0.3) is 0 Å². The van der Waals surface area contributed by atoms with Crippen molar-refractivity contribution in [2.24, 2.45) is 0 Å². The third-order valence-electron chi connectivity index (χ3n) is 2.23. The van der Waals surface area contributed by atoms with E-state index < -0.39 is 16.0 Å². The highest BCUT2D eigenvalue weighted by Gasteiger charge is 2.15. The van der Waals surface area contributed by atoms with Crippen LogP contribution in [0.4, 0.5) is 0 Å². The molecule has 0 radical (unpaired) electrons. The van der Waals surface area contributed by atoms with Crippen molar-refractivity contribution < 1.29 is 17.9 Å². The molecule has 0 atom stereocenters. The lowest BCUT2D eigenvalue weighted by Gasteiger charge is -2.07. The van der Waals surface area contributed by atoms with Gasteiger partial charge in [-0.15, -0.1) is 12.4 Å². The molecule has 0 saturated heterocycles. The van der Waals surface area contributed by atoms with Crippen molar-refractivity contribution in [1.82, 2.24) is 10.0 Å². The van der Waals surface area contributed by atoms with Gasteiger partial charge in [-0.05, 0) is 25.2 Å². The van der Waals surface area contributed by atoms with Gasteiger partial charge in [-0.2, -0.15) is 0 Å². The molecule has 0 aliphatic rings. The number of hydrogen-bond acceptors (Lipinski definition) is 5. The van der Waals surface area contributed by atoms with Crippen LogP contribution >= 0.6 is 12.4 Å². The number of esters is 1. The third kappa shape index (κ3) is 5.15. The summed E-state index contributed by atoms with van der Waals surface area (Å²) in [6.07, 6.45) is 0. The minimum atomic E-state index is -3.59. The molecule has 1 aromatic rings. The fourth-order valence-corrected chi connectivity index (χ4v) is 2.38. The van der Waals surface area contributed by atoms with E-state index >= 15 is 0 Å². The molecule has 0 bridgehead atoms. The Hall–Kier alpha value is -1.15. The van der Waals surface area contributed by atoms with Crippen molar-refractivity contribution >= 4 is 28.4 Å². The van der Waals surface area contributed by atoms with Crippen LogP contribution in [0.1, 0.15) is 10.4 Å². The SMILES string of the molecule is CNCCNS(=O)(=O)c1cccc(C(=O)OC)c1.Cl. The van der Waals surface area contributed by atoms with E-state index in [-0.39, 0.29) is 29.4 Å². The van der Waals surface area contributed by atoms with E-state index in [9.17, 15) is 13.2 Å². The van der Waals surface area contributed by atoms with E-state index in [1.165, 1.54) is 31.4 Å². The normalized spacial score (nSPS) is 10.6. The van der Waals surface area contributed by atoms with Crippen molar-refractivity contribution in [1.29, 1.82) is 0 Å². The zero-order valence-electron chi connectivity index (χ0n) is 10.7. The van der Waals surface area contributed by atoms with Crippen LogP contribution in [0.5, 0.6) is 0 Å². The molecule has 2 N–H and O–H groups in total. The van der Waals surface area contributed by atoms with Crippen LogP contribution in [0.15, 0.2) is 29.2 Å². The predicted molar refractivity (Wildman–Crippen MR) is 74.1 cm³/mol. The molecule has 1 rings (SSSR count). The van der Waals surface area contributed by atoms with Gasteiger partial charge >= 0.3 is 5.97 Å². The van der Waals surface area contributed by atoms with Crippen LogP contribution in [0.25, 0.3) is 0 Å². The van der Waals surface area contributed by atoms with E-state index in [2.05, 4.69) is 14.8 Å². The van der Waals surface area contributed by atoms with Gasteiger partial charge in [-0.3, -0.25) is 0 Å². The summed E-state index contributed by atoms with van der Waals surface area (Å²) in [4.78, 5) is 11.3. The molecule has 8 heteroatoms. The van der Waals surface area contributed by atoms with E-state index in [4.69, 9.17) is 0 Å². The van der Waals surface area contributed by atoms with Crippen LogP contribution in [-0.2, 0) is 14.8 Å². The Balaban J connectivity index is 0.00000324. The number of nitrogens with one attached hydrogen (secondary N) is 2. The molecule has 108 valence electrons. The summed E-state index contributed by atoms with van der Waals surface area (Å²) in [7, 11) is -0.621. The molecular formula is C11H17ClN2O4S. The van der Waals surface area contributed by atoms with Crippen molar-refractivity contribution in [3.63, 3.8) is 0 Å². The lowest BCUT2D eigenvalue weighted by Crippen LogP contribution is -2.30. The van der Waals surface area contributed by atoms with Crippen LogP contribution in [0.2, 0.25) is 0 Å². The molecule has 0 spiro atoms. The van der Waals surface area contributed by atoms with Crippen LogP contribution in [0, 0.1) is 0 Å². The molecule has 0 unspecified atom stereocenters. The number of sulfonamides is 1. The van der Waals surface area contributed by atoms with Crippen molar-refractivity contribution in [2.45, 2.75) is 4.90 Å². The fraction of sp³-hybridized carbons (Fsp3) is 0.364. The van der Waals surface area contributed by atoms with E-state index in [1.807, 2.05) is 0 Å². The first-order chi connectivity index (χ1) is 8.51. The monoisotopic (exact) mass is 308 g/mol. The second kappa shape index (κ2) is 8.11. The summed E-state index contributed by atoms with van der Waals surface area (Å²) in [5.41, 5.74) is 0.203. The molecule has 6 nitrogen and oxygen atoms in total. The number of carbonyl (C=O) groups is 1. The Morgan fingerprint density at radius 3 is 2.58 bits per heavy atom. The number of carbonyl (C=O) groups excluding carboxylic acids is 1. The van der Waals surface area contributed by atoms with Gasteiger partial charge in [-0.25, -0.2) is 17.9 Å². The third-order valence-corrected chi connectivity index (χ3v) is 3.69. The Morgan fingerprint density at radius 1 is 1.32 bits per heavy atom. The van der Waals surface area contributed by atoms with Crippen molar-refractivity contribution in [3.05, 3.63) is 29.8 Å². The number of methoxy groups -OCH3 is 1. The highest BCUT2D eigenvalue weighted by molar-refractivity contribution is 7.89. The molecular weight excluding hydrogens is 292 g/mol. The Bertz CT molecular complexity index is 519. The first kappa shape index (κ1) is 17.8. The first-order valence-electron chi connectivity index (χ1n) is 5.34. The number of ether oxygens (including phenoxy) is 1. The molecule has 0 amide bonds. The Kier molecular flexibility index (Phi) is 7.62. The molecule has 0 heterocycles. The molecule has 0 saturated carbocycles. The van der Waals surface area contributed by atoms with E-state index in [1.54, 1.807) is 7.05 Å². The molecule has 1 aromatic carbocycles. The maximum Gasteiger partial charge on any atom is 0.337 e. The first-order valence-corrected chi connectivity index (χ1v) is 6.82. The number of hydrogen-bond donors (Lipinski definition) is 2. The summed E-state index contributed by atoms with van der Waals surface area (Å²) in [6, 6.07) is 5.71. The topological polar surface area (TPSA) is 84.5 Å². The number of likely N-dealkylation sites (N-methyl/N-ethyl adjacent to an activating group) is 1. The molecule has 0 aromatic heterocycles. The highest BCUT2D eigenvalue weighted by atomic mass is 35.5. The minimum Gasteiger partial charge on any atom is -0.465 e. The summed E-state index contributed by atoms with van der Waals surface area (Å²) in [5, 5.41) is 2.83. The lowest BCUT2D eigenvalue weighted by molar-refractivity contribution is 0.0600. The quantitative estimate of drug-likeness (QED) is 0.587. The lowest BCUT2D eigenvalue weighted by atomic mass is 10.2. The summed E-state index contributed by atoms with van der Waals surface area (Å²) >= 11 is 0. The van der Waals surface area contributed by atoms with Gasteiger partial charge in [0.1, 0.15) is 0 Å². The van der Waals surface area contributed by atoms with E-state index in [0.717, 1.165) is 0 Å². The Labute approximate surface area is 119 Å². The van der Waals surface area contributed by atoms with Crippen LogP contribution in [-0.4, -0.2) is 41.6 Å². The minimum absolute atomic E-state index is 0. The summed E-state index contributed by atoms with van der Waals surface area (Å²) in [6.45, 7) is 0.803. The van der Waals surface area contributed by atoms with Crippen molar-refractivity contribution in [2.75, 3.05) is 27.2 Å². The number of halogens is 1. The smallest absolute Gasteiger partial charge is 0.337 e. The molecule has 0 aliphatic heterocycles. The van der Waals surface area contributed by atoms with Gasteiger partial charge < -0.3 is 10.1 Å². The Morgan fingerprint density at radius 2 is 2.00 bits per heavy atom. The predicted octanol–water partition coefficient (Wildman–Crippen LogP) is 0.393. The summed E-state index contributed by atoms with van der Waals surface area (Å²) < 4.78 is 30.7. The molecule has 0 fully saturated rings. The van der Waals surface area contributed by atoms with Gasteiger partial charge in [0.15, 0.2) is 0 Å². The van der Waals surface area contributed by atoms with Gasteiger partial charge in [-0.1, -0.05) is 6.07 Å². The average Bonchev–Trinajstić information content (AvgIpc) is 2.38. The number of rotatable bonds is 6. The van der Waals surface area contributed by atoms with Gasteiger partial charge in [0.05, 0.1) is 17.6 Å². The fourth-order valence-electron chi connectivity index (χ4n) is 1.30. The molecule has 0 aliphatic carbocycles. The zero-order chi connectivity index (χ0) is 13.6. The van der Waals surface area contributed by atoms with E-state index in [0.29, 0.717) is 6.54 Å². The average molecular weight is 309 g/mol. The van der Waals surface area contributed by atoms with Crippen LogP contribution in [0.3, 0.4) is 0 Å². The largest absolute Gasteiger partial charge is 0.465 e. The van der Waals surface area contributed by atoms with Gasteiger partial charge in [0, 0.05) is 13.1 Å². The maximum absolute atomic E-state index is 11.9. The second-order valence-corrected chi connectivity index (χ2v) is 5.29. The maximum atomic E-state index is 11.9. The van der Waals surface area contributed by atoms with Gasteiger partial charge in [0.2, 0.25) is 10.0 Å². The highest BCUT2D eigenvalue weighted by Crippen LogP contribution is 2.11. The number of benzene rings is 1. The molecule has 19 heavy (non-hydrogen) atoms.